The standard InChI is InChI=1S/C33H33N13/c1-21(2)45-20-28(42-43-45)26-9-10-27-33(39-26)46(32(40-27)25-4-3-14-37-31(25)35)24-7-5-22(6-8-24)19-44-16-12-23(13-17-44)38-29-11-15-36-30(18-34)41-29/h3-11,14-15,20-21,23H,12-13,16-17,19H2,1-2H3,(H2,35,37)(H,36,38,41). The molecule has 0 saturated carbocycles. The molecule has 6 heterocycles. The zero-order chi connectivity index (χ0) is 31.6. The number of benzene rings is 1. The van der Waals surface area contributed by atoms with Crippen molar-refractivity contribution in [1.29, 1.82) is 5.26 Å². The largest absolute Gasteiger partial charge is 0.383 e. The lowest BCUT2D eigenvalue weighted by Gasteiger charge is -2.32. The smallest absolute Gasteiger partial charge is 0.234 e. The van der Waals surface area contributed by atoms with E-state index >= 15 is 0 Å². The third-order valence-corrected chi connectivity index (χ3v) is 8.18. The van der Waals surface area contributed by atoms with E-state index in [0.717, 1.165) is 49.2 Å². The van der Waals surface area contributed by atoms with Crippen LogP contribution in [-0.2, 0) is 6.54 Å². The molecular formula is C33H33N13. The molecule has 46 heavy (non-hydrogen) atoms. The number of nitrogens with zero attached hydrogens (tertiary/aromatic N) is 11. The van der Waals surface area contributed by atoms with E-state index in [-0.39, 0.29) is 11.9 Å². The maximum absolute atomic E-state index is 9.08. The molecule has 1 aromatic carbocycles. The molecule has 3 N–H and O–H groups in total. The molecular weight excluding hydrogens is 578 g/mol. The lowest BCUT2D eigenvalue weighted by Crippen LogP contribution is -2.38. The predicted octanol–water partition coefficient (Wildman–Crippen LogP) is 4.64. The molecule has 0 bridgehead atoms. The van der Waals surface area contributed by atoms with Crippen molar-refractivity contribution < 1.29 is 0 Å². The van der Waals surface area contributed by atoms with Crippen LogP contribution in [0.15, 0.2) is 73.2 Å². The van der Waals surface area contributed by atoms with Gasteiger partial charge in [-0.3, -0.25) is 9.47 Å². The maximum Gasteiger partial charge on any atom is 0.234 e. The van der Waals surface area contributed by atoms with Crippen molar-refractivity contribution in [2.45, 2.75) is 45.3 Å². The van der Waals surface area contributed by atoms with Crippen molar-refractivity contribution in [2.75, 3.05) is 24.1 Å². The first-order valence-corrected chi connectivity index (χ1v) is 15.3. The van der Waals surface area contributed by atoms with Crippen molar-refractivity contribution in [2.24, 2.45) is 0 Å². The molecule has 1 saturated heterocycles. The topological polar surface area (TPSA) is 165 Å². The number of nitrogens with two attached hydrogens (primary N) is 1. The number of hydrogen-bond acceptors (Lipinski definition) is 11. The molecule has 0 atom stereocenters. The zero-order valence-electron chi connectivity index (χ0n) is 25.6. The Bertz CT molecular complexity index is 2030. The van der Waals surface area contributed by atoms with Gasteiger partial charge in [0.2, 0.25) is 5.82 Å². The Balaban J connectivity index is 1.13. The van der Waals surface area contributed by atoms with Crippen LogP contribution < -0.4 is 11.1 Å². The van der Waals surface area contributed by atoms with Gasteiger partial charge in [0, 0.05) is 49.8 Å². The number of imidazole rings is 1. The third kappa shape index (κ3) is 5.85. The van der Waals surface area contributed by atoms with Crippen molar-refractivity contribution in [1.82, 2.24) is 49.4 Å². The van der Waals surface area contributed by atoms with Gasteiger partial charge >= 0.3 is 0 Å². The number of piperidine rings is 1. The molecule has 0 spiro atoms. The van der Waals surface area contributed by atoms with Crippen molar-refractivity contribution in [3.8, 4) is 34.5 Å². The molecule has 7 rings (SSSR count). The van der Waals surface area contributed by atoms with E-state index in [0.29, 0.717) is 40.5 Å². The highest BCUT2D eigenvalue weighted by molar-refractivity contribution is 5.84. The van der Waals surface area contributed by atoms with Crippen LogP contribution in [0.4, 0.5) is 11.6 Å². The highest BCUT2D eigenvalue weighted by atomic mass is 15.4. The number of anilines is 2. The molecule has 1 fully saturated rings. The van der Waals surface area contributed by atoms with Crippen LogP contribution >= 0.6 is 0 Å². The molecule has 1 aliphatic rings. The summed E-state index contributed by atoms with van der Waals surface area (Å²) in [4.78, 5) is 24.9. The van der Waals surface area contributed by atoms with Crippen LogP contribution in [0.25, 0.3) is 39.6 Å². The molecule has 13 nitrogen and oxygen atoms in total. The molecule has 0 aliphatic carbocycles. The lowest BCUT2D eigenvalue weighted by atomic mass is 10.0. The van der Waals surface area contributed by atoms with Crippen LogP contribution in [0.3, 0.4) is 0 Å². The van der Waals surface area contributed by atoms with E-state index in [1.54, 1.807) is 18.5 Å². The number of aromatic nitrogens is 9. The van der Waals surface area contributed by atoms with Gasteiger partial charge in [-0.25, -0.2) is 29.6 Å². The van der Waals surface area contributed by atoms with E-state index in [2.05, 4.69) is 73.6 Å². The SMILES string of the molecule is CC(C)n1cc(-c2ccc3nc(-c4cccnc4N)n(-c4ccc(CN5CCC(Nc6ccnc(C#N)n6)CC5)cc4)c3n2)nn1. The predicted molar refractivity (Wildman–Crippen MR) is 175 cm³/mol. The fourth-order valence-corrected chi connectivity index (χ4v) is 5.72. The quantitative estimate of drug-likeness (QED) is 0.246. The van der Waals surface area contributed by atoms with Crippen LogP contribution in [0.1, 0.15) is 44.1 Å². The Morgan fingerprint density at radius 3 is 2.52 bits per heavy atom. The molecule has 6 aromatic rings. The van der Waals surface area contributed by atoms with E-state index < -0.39 is 0 Å². The van der Waals surface area contributed by atoms with Crippen molar-refractivity contribution in [3.63, 3.8) is 0 Å². The molecule has 230 valence electrons. The van der Waals surface area contributed by atoms with Gasteiger partial charge in [0.1, 0.15) is 28.9 Å². The second-order valence-corrected chi connectivity index (χ2v) is 11.7. The molecule has 0 unspecified atom stereocenters. The normalized spacial score (nSPS) is 14.1. The summed E-state index contributed by atoms with van der Waals surface area (Å²) in [6.45, 7) is 6.89. The van der Waals surface area contributed by atoms with E-state index in [1.807, 2.05) is 45.8 Å². The third-order valence-electron chi connectivity index (χ3n) is 8.18. The summed E-state index contributed by atoms with van der Waals surface area (Å²) in [6, 6.07) is 20.5. The Kier molecular flexibility index (Phi) is 7.78. The van der Waals surface area contributed by atoms with Gasteiger partial charge in [0.05, 0.1) is 17.5 Å². The number of nitrogen functional groups attached to an aromatic ring is 1. The summed E-state index contributed by atoms with van der Waals surface area (Å²) in [7, 11) is 0. The monoisotopic (exact) mass is 611 g/mol. The number of pyridine rings is 2. The first-order chi connectivity index (χ1) is 22.4. The average molecular weight is 612 g/mol. The van der Waals surface area contributed by atoms with Crippen molar-refractivity contribution >= 4 is 22.8 Å². The minimum Gasteiger partial charge on any atom is -0.383 e. The summed E-state index contributed by atoms with van der Waals surface area (Å²) in [5.41, 5.74) is 12.1. The van der Waals surface area contributed by atoms with Gasteiger partial charge in [0.15, 0.2) is 11.5 Å². The number of nitriles is 1. The lowest BCUT2D eigenvalue weighted by molar-refractivity contribution is 0.211. The first kappa shape index (κ1) is 29.0. The number of fused-ring (bicyclic) bond motifs is 1. The minimum absolute atomic E-state index is 0.178. The second kappa shape index (κ2) is 12.3. The molecule has 1 aliphatic heterocycles. The van der Waals surface area contributed by atoms with Crippen LogP contribution in [0.2, 0.25) is 0 Å². The summed E-state index contributed by atoms with van der Waals surface area (Å²) in [5, 5.41) is 21.2. The summed E-state index contributed by atoms with van der Waals surface area (Å²) < 4.78 is 3.85. The number of hydrogen-bond donors (Lipinski definition) is 2. The zero-order valence-corrected chi connectivity index (χ0v) is 25.6. The highest BCUT2D eigenvalue weighted by Crippen LogP contribution is 2.32. The summed E-state index contributed by atoms with van der Waals surface area (Å²) >= 11 is 0. The van der Waals surface area contributed by atoms with Gasteiger partial charge in [0.25, 0.3) is 0 Å². The average Bonchev–Trinajstić information content (AvgIpc) is 3.72. The molecule has 13 heteroatoms. The van der Waals surface area contributed by atoms with E-state index in [9.17, 15) is 0 Å². The summed E-state index contributed by atoms with van der Waals surface area (Å²) in [5.74, 6) is 1.95. The van der Waals surface area contributed by atoms with Crippen LogP contribution in [0, 0.1) is 11.3 Å². The van der Waals surface area contributed by atoms with Gasteiger partial charge in [-0.05, 0) is 74.7 Å². The Labute approximate surface area is 265 Å². The van der Waals surface area contributed by atoms with Crippen molar-refractivity contribution in [3.05, 3.63) is 84.6 Å². The maximum atomic E-state index is 9.08. The molecule has 5 aromatic heterocycles. The fraction of sp³-hybridized carbons (Fsp3) is 0.273. The Morgan fingerprint density at radius 1 is 0.957 bits per heavy atom. The van der Waals surface area contributed by atoms with Gasteiger partial charge < -0.3 is 11.1 Å². The van der Waals surface area contributed by atoms with E-state index in [4.69, 9.17) is 21.0 Å². The Hall–Kier alpha value is -5.74. The van der Waals surface area contributed by atoms with Crippen LogP contribution in [-0.4, -0.2) is 68.5 Å². The second-order valence-electron chi connectivity index (χ2n) is 11.7. The van der Waals surface area contributed by atoms with Gasteiger partial charge in [-0.1, -0.05) is 17.3 Å². The Morgan fingerprint density at radius 2 is 1.78 bits per heavy atom. The number of likely N-dealkylation sites (tertiary alicyclic amines) is 1. The molecule has 0 radical (unpaired) electrons. The first-order valence-electron chi connectivity index (χ1n) is 15.3. The van der Waals surface area contributed by atoms with E-state index in [1.165, 1.54) is 5.56 Å². The number of nitrogens with one attached hydrogen (secondary N) is 1. The fourth-order valence-electron chi connectivity index (χ4n) is 5.72. The van der Waals surface area contributed by atoms with Gasteiger partial charge in [-0.15, -0.1) is 5.10 Å². The van der Waals surface area contributed by atoms with Gasteiger partial charge in [-0.2, -0.15) is 5.26 Å². The summed E-state index contributed by atoms with van der Waals surface area (Å²) in [6.07, 6.45) is 7.17. The highest BCUT2D eigenvalue weighted by Gasteiger charge is 2.22. The number of rotatable bonds is 8. The molecule has 0 amide bonds. The van der Waals surface area contributed by atoms with Crippen LogP contribution in [0.5, 0.6) is 0 Å². The minimum atomic E-state index is 0.178.